The van der Waals surface area contributed by atoms with Crippen molar-refractivity contribution in [3.63, 3.8) is 0 Å². The van der Waals surface area contributed by atoms with E-state index >= 15 is 0 Å². The number of hydrogen-bond acceptors (Lipinski definition) is 5. The summed E-state index contributed by atoms with van der Waals surface area (Å²) in [7, 11) is 0. The van der Waals surface area contributed by atoms with Gasteiger partial charge in [0.15, 0.2) is 6.61 Å². The van der Waals surface area contributed by atoms with Gasteiger partial charge in [0, 0.05) is 6.07 Å². The minimum absolute atomic E-state index is 0.00267. The normalized spacial score (nSPS) is 12.9. The molecule has 0 aromatic heterocycles. The minimum atomic E-state index is -0.983. The number of anilines is 2. The molecule has 2 amide bonds. The molecule has 9 heteroatoms. The van der Waals surface area contributed by atoms with Gasteiger partial charge in [-0.05, 0) is 6.07 Å². The van der Waals surface area contributed by atoms with E-state index < -0.39 is 5.97 Å². The molecule has 0 atom stereocenters. The lowest BCUT2D eigenvalue weighted by atomic mass is 10.2. The highest BCUT2D eigenvalue weighted by atomic mass is 35.5. The molecule has 1 aliphatic rings. The van der Waals surface area contributed by atoms with Crippen molar-refractivity contribution < 1.29 is 24.2 Å². The summed E-state index contributed by atoms with van der Waals surface area (Å²) in [5.74, 6) is -1.38. The average molecular weight is 331 g/mol. The lowest BCUT2D eigenvalue weighted by molar-refractivity contribution is -0.133. The quantitative estimate of drug-likeness (QED) is 0.754. The van der Waals surface area contributed by atoms with E-state index in [2.05, 4.69) is 10.6 Å². The molecule has 0 spiro atoms. The van der Waals surface area contributed by atoms with Crippen LogP contribution < -0.4 is 15.4 Å². The number of amides is 2. The van der Waals surface area contributed by atoms with Gasteiger partial charge in [0.1, 0.15) is 5.75 Å². The van der Waals surface area contributed by atoms with E-state index in [0.717, 1.165) is 11.8 Å². The monoisotopic (exact) mass is 330 g/mol. The van der Waals surface area contributed by atoms with Crippen molar-refractivity contribution >= 4 is 52.5 Å². The summed E-state index contributed by atoms with van der Waals surface area (Å²) in [6.45, 7) is -0.101. The molecule has 0 unspecified atom stereocenters. The summed E-state index contributed by atoms with van der Waals surface area (Å²) < 4.78 is 5.22. The molecule has 1 aromatic rings. The fraction of sp³-hybridized carbons (Fsp3) is 0.250. The van der Waals surface area contributed by atoms with Gasteiger partial charge < -0.3 is 20.5 Å². The first kappa shape index (κ1) is 15.5. The Morgan fingerprint density at radius 3 is 2.90 bits per heavy atom. The second-order valence-electron chi connectivity index (χ2n) is 4.10. The van der Waals surface area contributed by atoms with Crippen LogP contribution in [0.25, 0.3) is 0 Å². The lowest BCUT2D eigenvalue weighted by Gasteiger charge is -2.19. The number of carbonyl (C=O) groups is 3. The molecule has 1 aliphatic heterocycles. The predicted octanol–water partition coefficient (Wildman–Crippen LogP) is 1.43. The Morgan fingerprint density at radius 1 is 1.43 bits per heavy atom. The van der Waals surface area contributed by atoms with E-state index in [0.29, 0.717) is 17.1 Å². The predicted molar refractivity (Wildman–Crippen MR) is 79.2 cm³/mol. The number of aliphatic carboxylic acids is 1. The lowest BCUT2D eigenvalue weighted by Crippen LogP contribution is -2.25. The standard InChI is InChI=1S/C12H11ClN2O5S/c13-6-1-8-9(20-3-10(16)15-8)2-7(6)14-11(17)4-21-5-12(18)19/h1-2H,3-5H2,(H,14,17)(H,15,16)(H,18,19). The average Bonchev–Trinajstić information content (AvgIpc) is 2.39. The number of thioether (sulfide) groups is 1. The first-order valence-electron chi connectivity index (χ1n) is 5.81. The molecule has 0 saturated carbocycles. The van der Waals surface area contributed by atoms with E-state index in [9.17, 15) is 14.4 Å². The van der Waals surface area contributed by atoms with Crippen LogP contribution in [-0.2, 0) is 14.4 Å². The summed E-state index contributed by atoms with van der Waals surface area (Å²) >= 11 is 7.00. The number of rotatable bonds is 5. The Bertz CT molecular complexity index is 608. The smallest absolute Gasteiger partial charge is 0.313 e. The summed E-state index contributed by atoms with van der Waals surface area (Å²) in [4.78, 5) is 33.2. The highest BCUT2D eigenvalue weighted by Crippen LogP contribution is 2.36. The second kappa shape index (κ2) is 6.68. The summed E-state index contributed by atoms with van der Waals surface area (Å²) in [6.07, 6.45) is 0. The SMILES string of the molecule is O=C(O)CSCC(=O)Nc1cc2c(cc1Cl)NC(=O)CO2. The molecule has 0 fully saturated rings. The Kier molecular flexibility index (Phi) is 4.92. The number of carboxylic acid groups (broad SMARTS) is 1. The number of benzene rings is 1. The zero-order valence-electron chi connectivity index (χ0n) is 10.6. The molecule has 3 N–H and O–H groups in total. The van der Waals surface area contributed by atoms with Crippen LogP contribution >= 0.6 is 23.4 Å². The van der Waals surface area contributed by atoms with Crippen LogP contribution in [0.15, 0.2) is 12.1 Å². The van der Waals surface area contributed by atoms with Crippen LogP contribution in [0.1, 0.15) is 0 Å². The van der Waals surface area contributed by atoms with Crippen molar-refractivity contribution in [2.75, 3.05) is 28.7 Å². The zero-order chi connectivity index (χ0) is 15.4. The van der Waals surface area contributed by atoms with Crippen molar-refractivity contribution in [3.8, 4) is 5.75 Å². The van der Waals surface area contributed by atoms with Crippen LogP contribution in [-0.4, -0.2) is 41.0 Å². The van der Waals surface area contributed by atoms with Crippen molar-refractivity contribution in [3.05, 3.63) is 17.2 Å². The molecule has 0 aliphatic carbocycles. The molecule has 2 rings (SSSR count). The number of nitrogens with one attached hydrogen (secondary N) is 2. The van der Waals surface area contributed by atoms with Gasteiger partial charge in [-0.15, -0.1) is 11.8 Å². The number of ether oxygens (including phenoxy) is 1. The van der Waals surface area contributed by atoms with Gasteiger partial charge in [-0.2, -0.15) is 0 Å². The maximum atomic E-state index is 11.7. The van der Waals surface area contributed by atoms with Crippen LogP contribution in [0.5, 0.6) is 5.75 Å². The minimum Gasteiger partial charge on any atom is -0.482 e. The van der Waals surface area contributed by atoms with Gasteiger partial charge in [-0.25, -0.2) is 0 Å². The number of halogens is 1. The highest BCUT2D eigenvalue weighted by molar-refractivity contribution is 8.00. The Labute approximate surface area is 129 Å². The van der Waals surface area contributed by atoms with Gasteiger partial charge in [0.05, 0.1) is 27.9 Å². The summed E-state index contributed by atoms with van der Waals surface area (Å²) in [5.41, 5.74) is 0.780. The highest BCUT2D eigenvalue weighted by Gasteiger charge is 2.19. The summed E-state index contributed by atoms with van der Waals surface area (Å²) in [5, 5.41) is 13.9. The van der Waals surface area contributed by atoms with Gasteiger partial charge in [0.25, 0.3) is 5.91 Å². The largest absolute Gasteiger partial charge is 0.482 e. The van der Waals surface area contributed by atoms with E-state index in [4.69, 9.17) is 21.4 Å². The Balaban J connectivity index is 2.02. The van der Waals surface area contributed by atoms with Crippen LogP contribution in [0.2, 0.25) is 5.02 Å². The number of fused-ring (bicyclic) bond motifs is 1. The molecular formula is C12H11ClN2O5S. The van der Waals surface area contributed by atoms with Crippen LogP contribution in [0.4, 0.5) is 11.4 Å². The molecule has 0 radical (unpaired) electrons. The van der Waals surface area contributed by atoms with Gasteiger partial charge in [0.2, 0.25) is 5.91 Å². The molecule has 0 bridgehead atoms. The molecule has 112 valence electrons. The van der Waals surface area contributed by atoms with Crippen molar-refractivity contribution in [1.29, 1.82) is 0 Å². The number of carboxylic acids is 1. The first-order valence-corrected chi connectivity index (χ1v) is 7.34. The first-order chi connectivity index (χ1) is 9.95. The third-order valence-corrected chi connectivity index (χ3v) is 3.66. The van der Waals surface area contributed by atoms with Crippen molar-refractivity contribution in [2.45, 2.75) is 0 Å². The van der Waals surface area contributed by atoms with Gasteiger partial charge in [-0.1, -0.05) is 11.6 Å². The van der Waals surface area contributed by atoms with E-state index in [1.54, 1.807) is 0 Å². The van der Waals surface area contributed by atoms with E-state index in [1.165, 1.54) is 12.1 Å². The maximum absolute atomic E-state index is 11.7. The Hall–Kier alpha value is -1.93. The van der Waals surface area contributed by atoms with E-state index in [1.807, 2.05) is 0 Å². The molecule has 1 heterocycles. The summed E-state index contributed by atoms with van der Waals surface area (Å²) in [6, 6.07) is 2.99. The molecule has 21 heavy (non-hydrogen) atoms. The topological polar surface area (TPSA) is 105 Å². The second-order valence-corrected chi connectivity index (χ2v) is 5.49. The van der Waals surface area contributed by atoms with Gasteiger partial charge >= 0.3 is 5.97 Å². The third kappa shape index (κ3) is 4.27. The van der Waals surface area contributed by atoms with Crippen LogP contribution in [0.3, 0.4) is 0 Å². The van der Waals surface area contributed by atoms with Gasteiger partial charge in [-0.3, -0.25) is 14.4 Å². The zero-order valence-corrected chi connectivity index (χ0v) is 12.2. The number of carbonyl (C=O) groups excluding carboxylic acids is 2. The maximum Gasteiger partial charge on any atom is 0.313 e. The number of hydrogen-bond donors (Lipinski definition) is 3. The Morgan fingerprint density at radius 2 is 2.19 bits per heavy atom. The fourth-order valence-electron chi connectivity index (χ4n) is 1.61. The van der Waals surface area contributed by atoms with Crippen molar-refractivity contribution in [2.24, 2.45) is 0 Å². The van der Waals surface area contributed by atoms with Crippen LogP contribution in [0, 0.1) is 0 Å². The van der Waals surface area contributed by atoms with Crippen molar-refractivity contribution in [1.82, 2.24) is 0 Å². The fourth-order valence-corrected chi connectivity index (χ4v) is 2.36. The molecule has 7 nitrogen and oxygen atoms in total. The van der Waals surface area contributed by atoms with E-state index in [-0.39, 0.29) is 34.9 Å². The molecule has 0 saturated heterocycles. The molecular weight excluding hydrogens is 320 g/mol. The third-order valence-electron chi connectivity index (χ3n) is 2.43. The molecule has 1 aromatic carbocycles.